The van der Waals surface area contributed by atoms with Crippen LogP contribution in [-0.2, 0) is 4.74 Å². The average molecular weight is 209 g/mol. The van der Waals surface area contributed by atoms with Gasteiger partial charge in [0.15, 0.2) is 5.78 Å². The van der Waals surface area contributed by atoms with Crippen molar-refractivity contribution in [3.8, 4) is 0 Å². The number of ether oxygens (including phenoxy) is 1. The molecule has 0 radical (unpaired) electrons. The maximum absolute atomic E-state index is 11.4. The minimum absolute atomic E-state index is 0.0440. The summed E-state index contributed by atoms with van der Waals surface area (Å²) in [6.45, 7) is 2.18. The molecular formula is C10H11NO4. The number of Topliss-reactive ketones (excluding diaryl/α,β-unsaturated/α-hetero) is 1. The van der Waals surface area contributed by atoms with E-state index in [9.17, 15) is 14.9 Å². The smallest absolute Gasteiger partial charge is 0.270 e. The molecule has 0 spiro atoms. The summed E-state index contributed by atoms with van der Waals surface area (Å²) in [4.78, 5) is 21.4. The van der Waals surface area contributed by atoms with Gasteiger partial charge in [-0.25, -0.2) is 0 Å². The predicted molar refractivity (Wildman–Crippen MR) is 53.9 cm³/mol. The zero-order valence-corrected chi connectivity index (χ0v) is 8.30. The molecule has 0 aliphatic heterocycles. The van der Waals surface area contributed by atoms with Crippen LogP contribution in [0.4, 0.5) is 5.69 Å². The molecule has 0 atom stereocenters. The Morgan fingerprint density at radius 1 is 1.53 bits per heavy atom. The molecule has 15 heavy (non-hydrogen) atoms. The van der Waals surface area contributed by atoms with Gasteiger partial charge in [0.05, 0.1) is 4.92 Å². The first-order chi connectivity index (χ1) is 7.15. The third kappa shape index (κ3) is 3.14. The van der Waals surface area contributed by atoms with Gasteiger partial charge in [-0.1, -0.05) is 12.1 Å². The van der Waals surface area contributed by atoms with Gasteiger partial charge >= 0.3 is 0 Å². The van der Waals surface area contributed by atoms with Crippen molar-refractivity contribution in [3.05, 3.63) is 39.9 Å². The standard InChI is InChI=1S/C10H11NO4/c1-2-15-7-10(12)8-4-3-5-9(6-8)11(13)14/h3-6H,2,7H2,1H3. The lowest BCUT2D eigenvalue weighted by atomic mass is 10.1. The molecule has 0 saturated carbocycles. The van der Waals surface area contributed by atoms with E-state index in [-0.39, 0.29) is 18.1 Å². The quantitative estimate of drug-likeness (QED) is 0.421. The van der Waals surface area contributed by atoms with Crippen LogP contribution in [0.5, 0.6) is 0 Å². The van der Waals surface area contributed by atoms with E-state index in [1.807, 2.05) is 0 Å². The van der Waals surface area contributed by atoms with Gasteiger partial charge in [0.25, 0.3) is 5.69 Å². The van der Waals surface area contributed by atoms with E-state index in [2.05, 4.69) is 0 Å². The Kier molecular flexibility index (Phi) is 3.93. The number of hydrogen-bond donors (Lipinski definition) is 0. The summed E-state index contributed by atoms with van der Waals surface area (Å²) < 4.78 is 4.93. The zero-order chi connectivity index (χ0) is 11.3. The normalized spacial score (nSPS) is 9.93. The number of ketones is 1. The molecule has 0 aliphatic rings. The predicted octanol–water partition coefficient (Wildman–Crippen LogP) is 1.81. The third-order valence-electron chi connectivity index (χ3n) is 1.82. The Bertz CT molecular complexity index is 375. The topological polar surface area (TPSA) is 69.4 Å². The van der Waals surface area contributed by atoms with Gasteiger partial charge in [-0.05, 0) is 6.92 Å². The minimum Gasteiger partial charge on any atom is -0.374 e. The number of nitrogens with zero attached hydrogens (tertiary/aromatic N) is 1. The van der Waals surface area contributed by atoms with Crippen LogP contribution in [0.15, 0.2) is 24.3 Å². The molecule has 0 aliphatic carbocycles. The number of nitro benzene ring substituents is 1. The lowest BCUT2D eigenvalue weighted by Crippen LogP contribution is -2.09. The molecule has 5 heteroatoms. The van der Waals surface area contributed by atoms with Crippen LogP contribution in [0.1, 0.15) is 17.3 Å². The fraction of sp³-hybridized carbons (Fsp3) is 0.300. The van der Waals surface area contributed by atoms with Crippen LogP contribution in [0, 0.1) is 10.1 Å². The monoisotopic (exact) mass is 209 g/mol. The SMILES string of the molecule is CCOCC(=O)c1cccc([N+](=O)[O-])c1. The summed E-state index contributed by atoms with van der Waals surface area (Å²) in [6, 6.07) is 5.62. The Hall–Kier alpha value is -1.75. The first-order valence-electron chi connectivity index (χ1n) is 4.50. The van der Waals surface area contributed by atoms with E-state index in [0.717, 1.165) is 0 Å². The van der Waals surface area contributed by atoms with Gasteiger partial charge in [-0.2, -0.15) is 0 Å². The molecule has 0 fully saturated rings. The first kappa shape index (κ1) is 11.3. The van der Waals surface area contributed by atoms with E-state index in [4.69, 9.17) is 4.74 Å². The van der Waals surface area contributed by atoms with Gasteiger partial charge in [-0.3, -0.25) is 14.9 Å². The third-order valence-corrected chi connectivity index (χ3v) is 1.82. The molecule has 0 saturated heterocycles. The molecule has 0 amide bonds. The van der Waals surface area contributed by atoms with Gasteiger partial charge in [0.1, 0.15) is 6.61 Å². The highest BCUT2D eigenvalue weighted by molar-refractivity contribution is 5.97. The second kappa shape index (κ2) is 5.21. The van der Waals surface area contributed by atoms with E-state index < -0.39 is 4.92 Å². The molecular weight excluding hydrogens is 198 g/mol. The van der Waals surface area contributed by atoms with Crippen molar-refractivity contribution in [2.75, 3.05) is 13.2 Å². The molecule has 0 N–H and O–H groups in total. The lowest BCUT2D eigenvalue weighted by Gasteiger charge is -2.00. The van der Waals surface area contributed by atoms with Crippen LogP contribution in [0.3, 0.4) is 0 Å². The number of benzene rings is 1. The maximum Gasteiger partial charge on any atom is 0.270 e. The second-order valence-corrected chi connectivity index (χ2v) is 2.87. The Labute approximate surface area is 86.8 Å². The van der Waals surface area contributed by atoms with Crippen molar-refractivity contribution in [1.29, 1.82) is 0 Å². The number of nitro groups is 1. The van der Waals surface area contributed by atoms with Crippen molar-refractivity contribution >= 4 is 11.5 Å². The molecule has 0 unspecified atom stereocenters. The summed E-state index contributed by atoms with van der Waals surface area (Å²) in [7, 11) is 0. The minimum atomic E-state index is -0.530. The van der Waals surface area contributed by atoms with Crippen molar-refractivity contribution in [2.24, 2.45) is 0 Å². The van der Waals surface area contributed by atoms with Crippen molar-refractivity contribution in [1.82, 2.24) is 0 Å². The van der Waals surface area contributed by atoms with Crippen molar-refractivity contribution in [3.63, 3.8) is 0 Å². The number of carbonyl (C=O) groups excluding carboxylic acids is 1. The van der Waals surface area contributed by atoms with E-state index in [1.165, 1.54) is 24.3 Å². The van der Waals surface area contributed by atoms with Crippen LogP contribution in [0.25, 0.3) is 0 Å². The summed E-state index contributed by atoms with van der Waals surface area (Å²) >= 11 is 0. The summed E-state index contributed by atoms with van der Waals surface area (Å²) in [5.74, 6) is -0.249. The molecule has 1 aromatic rings. The fourth-order valence-corrected chi connectivity index (χ4v) is 1.07. The van der Waals surface area contributed by atoms with Crippen LogP contribution in [0.2, 0.25) is 0 Å². The fourth-order valence-electron chi connectivity index (χ4n) is 1.07. The molecule has 1 rings (SSSR count). The number of hydrogen-bond acceptors (Lipinski definition) is 4. The number of carbonyl (C=O) groups is 1. The summed E-state index contributed by atoms with van der Waals surface area (Å²) in [5.41, 5.74) is 0.218. The van der Waals surface area contributed by atoms with E-state index >= 15 is 0 Å². The highest BCUT2D eigenvalue weighted by atomic mass is 16.6. The average Bonchev–Trinajstić information content (AvgIpc) is 2.26. The lowest BCUT2D eigenvalue weighted by molar-refractivity contribution is -0.384. The highest BCUT2D eigenvalue weighted by Gasteiger charge is 2.10. The Morgan fingerprint density at radius 2 is 2.27 bits per heavy atom. The van der Waals surface area contributed by atoms with Crippen LogP contribution in [-0.4, -0.2) is 23.9 Å². The van der Waals surface area contributed by atoms with Crippen LogP contribution < -0.4 is 0 Å². The van der Waals surface area contributed by atoms with Gasteiger partial charge in [0.2, 0.25) is 0 Å². The maximum atomic E-state index is 11.4. The highest BCUT2D eigenvalue weighted by Crippen LogP contribution is 2.13. The van der Waals surface area contributed by atoms with E-state index in [1.54, 1.807) is 6.92 Å². The largest absolute Gasteiger partial charge is 0.374 e. The molecule has 0 aromatic heterocycles. The number of non-ortho nitro benzene ring substituents is 1. The summed E-state index contributed by atoms with van der Waals surface area (Å²) in [5, 5.41) is 10.5. The molecule has 5 nitrogen and oxygen atoms in total. The Balaban J connectivity index is 2.81. The molecule has 1 aromatic carbocycles. The van der Waals surface area contributed by atoms with Gasteiger partial charge in [0, 0.05) is 24.3 Å². The summed E-state index contributed by atoms with van der Waals surface area (Å²) in [6.07, 6.45) is 0. The zero-order valence-electron chi connectivity index (χ0n) is 8.30. The van der Waals surface area contributed by atoms with Crippen molar-refractivity contribution in [2.45, 2.75) is 6.92 Å². The molecule has 0 heterocycles. The van der Waals surface area contributed by atoms with E-state index in [0.29, 0.717) is 12.2 Å². The Morgan fingerprint density at radius 3 is 2.87 bits per heavy atom. The molecule has 80 valence electrons. The van der Waals surface area contributed by atoms with Gasteiger partial charge in [-0.15, -0.1) is 0 Å². The van der Waals surface area contributed by atoms with Gasteiger partial charge < -0.3 is 4.74 Å². The van der Waals surface area contributed by atoms with Crippen molar-refractivity contribution < 1.29 is 14.5 Å². The first-order valence-corrected chi connectivity index (χ1v) is 4.50. The molecule has 0 bridgehead atoms. The number of rotatable bonds is 5. The van der Waals surface area contributed by atoms with Crippen LogP contribution >= 0.6 is 0 Å². The second-order valence-electron chi connectivity index (χ2n) is 2.87.